The van der Waals surface area contributed by atoms with Gasteiger partial charge in [0.05, 0.1) is 18.7 Å². The summed E-state index contributed by atoms with van der Waals surface area (Å²) in [5.41, 5.74) is 0.975. The number of amides is 2. The van der Waals surface area contributed by atoms with Crippen molar-refractivity contribution in [1.29, 1.82) is 0 Å². The molecule has 4 rings (SSSR count). The van der Waals surface area contributed by atoms with Gasteiger partial charge in [-0.1, -0.05) is 67.9 Å². The van der Waals surface area contributed by atoms with Gasteiger partial charge in [-0.2, -0.15) is 0 Å². The third-order valence-electron chi connectivity index (χ3n) is 8.25. The molecule has 0 spiro atoms. The molecule has 0 bridgehead atoms. The zero-order valence-corrected chi connectivity index (χ0v) is 25.3. The predicted molar refractivity (Wildman–Crippen MR) is 163 cm³/mol. The van der Waals surface area contributed by atoms with Gasteiger partial charge in [0.2, 0.25) is 5.91 Å². The number of fused-ring (bicyclic) bond motifs is 1. The summed E-state index contributed by atoms with van der Waals surface area (Å²) in [4.78, 5) is 52.9. The van der Waals surface area contributed by atoms with Crippen LogP contribution in [0.4, 0.5) is 0 Å². The fraction of sp³-hybridized carbons (Fsp3) is 0.500. The van der Waals surface area contributed by atoms with Gasteiger partial charge in [0.25, 0.3) is 5.91 Å². The number of carbonyl (C=O) groups excluding carboxylic acids is 4. The molecule has 0 aliphatic heterocycles. The monoisotopic (exact) mass is 589 g/mol. The van der Waals surface area contributed by atoms with Crippen molar-refractivity contribution < 1.29 is 28.8 Å². The number of aliphatic hydroxyl groups is 1. The summed E-state index contributed by atoms with van der Waals surface area (Å²) in [5, 5.41) is 21.6. The molecule has 1 fully saturated rings. The molecule has 2 aromatic carbocycles. The highest BCUT2D eigenvalue weighted by atomic mass is 16.5. The summed E-state index contributed by atoms with van der Waals surface area (Å²) in [6.07, 6.45) is 4.15. The van der Waals surface area contributed by atoms with Gasteiger partial charge in [0, 0.05) is 37.2 Å². The standard InChI is InChI=1S/C34H43N3O6/c1-21(2)15-26(33(41)35-27(20-38)17-25-10-5-7-14-31(25)39)19-32(40)29(36-34(42)30-16-22(3)43-37-30)18-24-12-8-11-23-9-4-6-13-28(23)24/h4,6,8-9,11-13,16,21,25-27,29,38H,5,7,10,14-15,17-20H2,1-3H3,(H,35,41)(H,36,42)/t25-,26+,27-,29-/m0/s1. The minimum absolute atomic E-state index is 0.0766. The molecule has 230 valence electrons. The average Bonchev–Trinajstić information content (AvgIpc) is 3.43. The second kappa shape index (κ2) is 15.0. The third kappa shape index (κ3) is 8.83. The van der Waals surface area contributed by atoms with E-state index in [1.54, 1.807) is 6.92 Å². The number of rotatable bonds is 14. The lowest BCUT2D eigenvalue weighted by Crippen LogP contribution is -2.46. The Kier molecular flexibility index (Phi) is 11.2. The molecule has 0 unspecified atom stereocenters. The van der Waals surface area contributed by atoms with Crippen molar-refractivity contribution in [3.8, 4) is 0 Å². The second-order valence-corrected chi connectivity index (χ2v) is 12.2. The third-order valence-corrected chi connectivity index (χ3v) is 8.25. The Balaban J connectivity index is 1.53. The topological polar surface area (TPSA) is 139 Å². The molecule has 3 N–H and O–H groups in total. The first-order valence-electron chi connectivity index (χ1n) is 15.3. The number of hydrogen-bond donors (Lipinski definition) is 3. The van der Waals surface area contributed by atoms with Gasteiger partial charge in [0.1, 0.15) is 11.5 Å². The highest BCUT2D eigenvalue weighted by Crippen LogP contribution is 2.26. The van der Waals surface area contributed by atoms with E-state index in [1.165, 1.54) is 6.07 Å². The first-order chi connectivity index (χ1) is 20.6. The number of aryl methyl sites for hydroxylation is 1. The number of carbonyl (C=O) groups is 4. The van der Waals surface area contributed by atoms with Crippen molar-refractivity contribution in [2.75, 3.05) is 6.61 Å². The van der Waals surface area contributed by atoms with E-state index in [9.17, 15) is 24.3 Å². The van der Waals surface area contributed by atoms with Gasteiger partial charge in [0.15, 0.2) is 11.5 Å². The summed E-state index contributed by atoms with van der Waals surface area (Å²) in [5.74, 6) is -1.18. The summed E-state index contributed by atoms with van der Waals surface area (Å²) in [6, 6.07) is 13.7. The average molecular weight is 590 g/mol. The van der Waals surface area contributed by atoms with Crippen molar-refractivity contribution in [1.82, 2.24) is 15.8 Å². The minimum Gasteiger partial charge on any atom is -0.394 e. The van der Waals surface area contributed by atoms with Crippen LogP contribution in [0.2, 0.25) is 0 Å². The summed E-state index contributed by atoms with van der Waals surface area (Å²) in [7, 11) is 0. The number of aromatic nitrogens is 1. The van der Waals surface area contributed by atoms with Crippen LogP contribution in [0.1, 0.15) is 80.6 Å². The molecule has 0 radical (unpaired) electrons. The lowest BCUT2D eigenvalue weighted by atomic mass is 9.83. The summed E-state index contributed by atoms with van der Waals surface area (Å²) >= 11 is 0. The van der Waals surface area contributed by atoms with E-state index in [1.807, 2.05) is 56.3 Å². The number of benzene rings is 2. The zero-order valence-electron chi connectivity index (χ0n) is 25.3. The van der Waals surface area contributed by atoms with Gasteiger partial charge in [-0.05, 0) is 54.9 Å². The maximum absolute atomic E-state index is 13.9. The number of nitrogens with zero attached hydrogens (tertiary/aromatic N) is 1. The molecule has 4 atom stereocenters. The molecule has 1 heterocycles. The molecule has 1 aromatic heterocycles. The maximum Gasteiger partial charge on any atom is 0.274 e. The van der Waals surface area contributed by atoms with Crippen LogP contribution in [0.25, 0.3) is 10.8 Å². The Morgan fingerprint density at radius 1 is 1.07 bits per heavy atom. The Hall–Kier alpha value is -3.85. The van der Waals surface area contributed by atoms with E-state index in [0.717, 1.165) is 35.6 Å². The largest absolute Gasteiger partial charge is 0.394 e. The Morgan fingerprint density at radius 2 is 1.84 bits per heavy atom. The normalized spacial score (nSPS) is 17.4. The SMILES string of the molecule is Cc1cc(C(=O)N[C@@H](Cc2cccc3ccccc23)C(=O)C[C@@H](CC(C)C)C(=O)N[C@H](CO)C[C@@H]2CCCCC2=O)no1. The quantitative estimate of drug-likeness (QED) is 0.247. The van der Waals surface area contributed by atoms with Crippen molar-refractivity contribution in [2.24, 2.45) is 17.8 Å². The Labute approximate surface area is 252 Å². The van der Waals surface area contributed by atoms with Crippen LogP contribution in [0.5, 0.6) is 0 Å². The number of hydrogen-bond acceptors (Lipinski definition) is 7. The molecule has 1 aliphatic carbocycles. The number of ketones is 2. The molecule has 43 heavy (non-hydrogen) atoms. The van der Waals surface area contributed by atoms with Crippen LogP contribution >= 0.6 is 0 Å². The first-order valence-corrected chi connectivity index (χ1v) is 15.3. The number of nitrogens with one attached hydrogen (secondary N) is 2. The predicted octanol–water partition coefficient (Wildman–Crippen LogP) is 4.73. The van der Waals surface area contributed by atoms with Gasteiger partial charge >= 0.3 is 0 Å². The van der Waals surface area contributed by atoms with Crippen LogP contribution in [-0.2, 0) is 20.8 Å². The van der Waals surface area contributed by atoms with Crippen LogP contribution in [0, 0.1) is 24.7 Å². The lowest BCUT2D eigenvalue weighted by Gasteiger charge is -2.27. The molecular formula is C34H43N3O6. The second-order valence-electron chi connectivity index (χ2n) is 12.2. The molecule has 1 aliphatic rings. The Morgan fingerprint density at radius 3 is 2.53 bits per heavy atom. The zero-order chi connectivity index (χ0) is 30.9. The van der Waals surface area contributed by atoms with E-state index in [2.05, 4.69) is 15.8 Å². The number of aliphatic hydroxyl groups excluding tert-OH is 1. The summed E-state index contributed by atoms with van der Waals surface area (Å²) in [6.45, 7) is 5.37. The van der Waals surface area contributed by atoms with E-state index >= 15 is 0 Å². The molecule has 9 heteroatoms. The molecular weight excluding hydrogens is 546 g/mol. The molecule has 2 amide bonds. The van der Waals surface area contributed by atoms with Crippen molar-refractivity contribution >= 4 is 34.2 Å². The number of Topliss-reactive ketones (excluding diaryl/α,β-unsaturated/α-hetero) is 2. The van der Waals surface area contributed by atoms with E-state index in [-0.39, 0.29) is 54.5 Å². The van der Waals surface area contributed by atoms with Crippen LogP contribution in [-0.4, -0.2) is 52.3 Å². The lowest BCUT2D eigenvalue weighted by molar-refractivity contribution is -0.132. The summed E-state index contributed by atoms with van der Waals surface area (Å²) < 4.78 is 5.06. The minimum atomic E-state index is -0.911. The molecule has 9 nitrogen and oxygen atoms in total. The fourth-order valence-electron chi connectivity index (χ4n) is 6.02. The van der Waals surface area contributed by atoms with Gasteiger partial charge in [-0.3, -0.25) is 19.2 Å². The highest BCUT2D eigenvalue weighted by molar-refractivity contribution is 5.98. The Bertz CT molecular complexity index is 1430. The molecule has 3 aromatic rings. The van der Waals surface area contributed by atoms with Gasteiger partial charge in [-0.25, -0.2) is 0 Å². The van der Waals surface area contributed by atoms with E-state index in [0.29, 0.717) is 25.0 Å². The van der Waals surface area contributed by atoms with Crippen LogP contribution < -0.4 is 10.6 Å². The van der Waals surface area contributed by atoms with Crippen LogP contribution in [0.15, 0.2) is 53.1 Å². The highest BCUT2D eigenvalue weighted by Gasteiger charge is 2.32. The fourth-order valence-corrected chi connectivity index (χ4v) is 6.02. The van der Waals surface area contributed by atoms with Crippen molar-refractivity contribution in [3.05, 3.63) is 65.5 Å². The van der Waals surface area contributed by atoms with Gasteiger partial charge in [-0.15, -0.1) is 0 Å². The van der Waals surface area contributed by atoms with E-state index in [4.69, 9.17) is 4.52 Å². The van der Waals surface area contributed by atoms with Crippen molar-refractivity contribution in [3.63, 3.8) is 0 Å². The maximum atomic E-state index is 13.9. The molecule has 1 saturated carbocycles. The van der Waals surface area contributed by atoms with Gasteiger partial charge < -0.3 is 20.3 Å². The van der Waals surface area contributed by atoms with Crippen LogP contribution in [0.3, 0.4) is 0 Å². The smallest absolute Gasteiger partial charge is 0.274 e. The molecule has 0 saturated heterocycles. The van der Waals surface area contributed by atoms with E-state index < -0.39 is 23.9 Å². The van der Waals surface area contributed by atoms with Crippen molar-refractivity contribution in [2.45, 2.75) is 84.2 Å². The first kappa shape index (κ1) is 32.1.